The molecule has 1 aliphatic rings. The van der Waals surface area contributed by atoms with Gasteiger partial charge in [0.1, 0.15) is 18.2 Å². The van der Waals surface area contributed by atoms with Gasteiger partial charge in [-0.1, -0.05) is 0 Å². The fourth-order valence-electron chi connectivity index (χ4n) is 1.46. The molecule has 0 radical (unpaired) electrons. The predicted molar refractivity (Wildman–Crippen MR) is 35.3 cm³/mol. The van der Waals surface area contributed by atoms with Crippen LogP contribution in [-0.4, -0.2) is 51.4 Å². The molecule has 74 valence electrons. The van der Waals surface area contributed by atoms with Crippen LogP contribution < -0.4 is 18.1 Å². The number of hydrogen-bond donors (Lipinski definition) is 5. The molecule has 0 aromatic carbocycles. The lowest BCUT2D eigenvalue weighted by Gasteiger charge is -2.12. The standard InChI is InChI=1S/C6H13NO4.ClH/c7-3-2(1-8)4(9)6(11)5(3)10;/h2-6,8-11H,1,7H2;1H/t2-,3-,4+,5+,6-;/m0./s1. The fourth-order valence-corrected chi connectivity index (χ4v) is 1.46. The topological polar surface area (TPSA) is 109 Å². The molecule has 0 aliphatic heterocycles. The van der Waals surface area contributed by atoms with Crippen molar-refractivity contribution >= 4 is 0 Å². The molecule has 5 nitrogen and oxygen atoms in total. The minimum absolute atomic E-state index is 0. The number of quaternary nitrogens is 1. The SMILES string of the molecule is [Cl-].[NH3+][C@@H]1[C@@H](O)[C@@H](O)[C@H](O)[C@H]1CO. The van der Waals surface area contributed by atoms with E-state index in [0.29, 0.717) is 0 Å². The fraction of sp³-hybridized carbons (Fsp3) is 1.00. The van der Waals surface area contributed by atoms with Crippen LogP contribution in [0.25, 0.3) is 0 Å². The Hall–Kier alpha value is 0.0900. The molecular weight excluding hydrogens is 186 g/mol. The third kappa shape index (κ3) is 1.71. The molecule has 0 bridgehead atoms. The highest BCUT2D eigenvalue weighted by molar-refractivity contribution is 4.96. The van der Waals surface area contributed by atoms with E-state index in [9.17, 15) is 5.11 Å². The van der Waals surface area contributed by atoms with E-state index in [4.69, 9.17) is 15.3 Å². The van der Waals surface area contributed by atoms with Crippen molar-refractivity contribution in [3.05, 3.63) is 0 Å². The minimum atomic E-state index is -1.17. The molecule has 12 heavy (non-hydrogen) atoms. The highest BCUT2D eigenvalue weighted by Crippen LogP contribution is 2.24. The molecule has 5 atom stereocenters. The van der Waals surface area contributed by atoms with Crippen LogP contribution in [-0.2, 0) is 0 Å². The van der Waals surface area contributed by atoms with Crippen molar-refractivity contribution in [3.8, 4) is 0 Å². The zero-order valence-corrected chi connectivity index (χ0v) is 7.22. The maximum absolute atomic E-state index is 9.19. The quantitative estimate of drug-likeness (QED) is 0.289. The van der Waals surface area contributed by atoms with Gasteiger partial charge in [-0.15, -0.1) is 0 Å². The first-order valence-corrected chi connectivity index (χ1v) is 3.57. The molecule has 1 fully saturated rings. The van der Waals surface area contributed by atoms with E-state index in [0.717, 1.165) is 0 Å². The molecule has 0 spiro atoms. The lowest BCUT2D eigenvalue weighted by atomic mass is 10.0. The summed E-state index contributed by atoms with van der Waals surface area (Å²) in [7, 11) is 0. The Morgan fingerprint density at radius 1 is 1.00 bits per heavy atom. The average Bonchev–Trinajstić information content (AvgIpc) is 2.17. The van der Waals surface area contributed by atoms with Crippen molar-refractivity contribution in [1.82, 2.24) is 0 Å². The van der Waals surface area contributed by atoms with Crippen LogP contribution in [0.5, 0.6) is 0 Å². The van der Waals surface area contributed by atoms with Crippen LogP contribution in [0.1, 0.15) is 0 Å². The summed E-state index contributed by atoms with van der Waals surface area (Å²) in [6.45, 7) is -0.260. The Morgan fingerprint density at radius 3 is 1.67 bits per heavy atom. The summed E-state index contributed by atoms with van der Waals surface area (Å²) < 4.78 is 0. The van der Waals surface area contributed by atoms with Gasteiger partial charge in [0.2, 0.25) is 0 Å². The predicted octanol–water partition coefficient (Wildman–Crippen LogP) is -6.69. The van der Waals surface area contributed by atoms with Gasteiger partial charge in [-0.25, -0.2) is 0 Å². The molecule has 0 unspecified atom stereocenters. The van der Waals surface area contributed by atoms with Crippen molar-refractivity contribution in [2.24, 2.45) is 5.92 Å². The monoisotopic (exact) mass is 199 g/mol. The first-order valence-electron chi connectivity index (χ1n) is 3.57. The van der Waals surface area contributed by atoms with Gasteiger partial charge in [-0.2, -0.15) is 0 Å². The van der Waals surface area contributed by atoms with Gasteiger partial charge in [0, 0.05) is 0 Å². The minimum Gasteiger partial charge on any atom is -1.00 e. The number of hydrogen-bond acceptors (Lipinski definition) is 4. The number of aliphatic hydroxyl groups is 4. The molecule has 1 saturated carbocycles. The van der Waals surface area contributed by atoms with Crippen molar-refractivity contribution in [1.29, 1.82) is 0 Å². The van der Waals surface area contributed by atoms with Crippen molar-refractivity contribution < 1.29 is 38.6 Å². The maximum atomic E-state index is 9.19. The number of halogens is 1. The lowest BCUT2D eigenvalue weighted by molar-refractivity contribution is -0.446. The van der Waals surface area contributed by atoms with Gasteiger partial charge in [-0.3, -0.25) is 0 Å². The van der Waals surface area contributed by atoms with E-state index in [1.165, 1.54) is 0 Å². The second-order valence-corrected chi connectivity index (χ2v) is 2.98. The van der Waals surface area contributed by atoms with Crippen LogP contribution in [0.3, 0.4) is 0 Å². The van der Waals surface area contributed by atoms with Gasteiger partial charge < -0.3 is 38.6 Å². The molecular formula is C6H14ClNO4. The molecule has 7 N–H and O–H groups in total. The van der Waals surface area contributed by atoms with Crippen molar-refractivity contribution in [2.75, 3.05) is 6.61 Å². The van der Waals surface area contributed by atoms with E-state index in [1.807, 2.05) is 0 Å². The largest absolute Gasteiger partial charge is 1.00 e. The van der Waals surface area contributed by atoms with Gasteiger partial charge in [-0.05, 0) is 0 Å². The van der Waals surface area contributed by atoms with Crippen LogP contribution in [0, 0.1) is 5.92 Å². The Kier molecular flexibility index (Phi) is 4.39. The summed E-state index contributed by atoms with van der Waals surface area (Å²) in [5.74, 6) is -0.514. The van der Waals surface area contributed by atoms with Crippen molar-refractivity contribution in [3.63, 3.8) is 0 Å². The van der Waals surface area contributed by atoms with E-state index in [1.54, 1.807) is 0 Å². The summed E-state index contributed by atoms with van der Waals surface area (Å²) in [5, 5.41) is 36.2. The molecule has 0 heterocycles. The summed E-state index contributed by atoms with van der Waals surface area (Å²) in [6, 6.07) is -0.495. The van der Waals surface area contributed by atoms with Gasteiger partial charge in [0.25, 0.3) is 0 Å². The molecule has 1 rings (SSSR count). The van der Waals surface area contributed by atoms with E-state index < -0.39 is 30.3 Å². The summed E-state index contributed by atoms with van der Waals surface area (Å²) in [4.78, 5) is 0. The molecule has 0 amide bonds. The Labute approximate surface area is 76.2 Å². The third-order valence-electron chi connectivity index (χ3n) is 2.34. The molecule has 0 aromatic rings. The summed E-state index contributed by atoms with van der Waals surface area (Å²) in [6.07, 6.45) is -3.26. The highest BCUT2D eigenvalue weighted by Gasteiger charge is 2.49. The smallest absolute Gasteiger partial charge is 0.134 e. The first-order chi connectivity index (χ1) is 5.09. The van der Waals surface area contributed by atoms with Crippen LogP contribution in [0.15, 0.2) is 0 Å². The third-order valence-corrected chi connectivity index (χ3v) is 2.34. The number of aliphatic hydroxyl groups excluding tert-OH is 4. The Bertz CT molecular complexity index is 134. The Balaban J connectivity index is 0.00000121. The zero-order valence-electron chi connectivity index (χ0n) is 6.47. The van der Waals surface area contributed by atoms with Crippen LogP contribution in [0.4, 0.5) is 0 Å². The van der Waals surface area contributed by atoms with E-state index >= 15 is 0 Å². The van der Waals surface area contributed by atoms with Crippen LogP contribution >= 0.6 is 0 Å². The second kappa shape index (κ2) is 4.36. The average molecular weight is 200 g/mol. The van der Waals surface area contributed by atoms with Gasteiger partial charge in [0.15, 0.2) is 0 Å². The van der Waals surface area contributed by atoms with Gasteiger partial charge >= 0.3 is 0 Å². The normalized spacial score (nSPS) is 47.2. The van der Waals surface area contributed by atoms with Crippen LogP contribution in [0.2, 0.25) is 0 Å². The zero-order chi connectivity index (χ0) is 8.59. The Morgan fingerprint density at radius 2 is 1.50 bits per heavy atom. The summed E-state index contributed by atoms with van der Waals surface area (Å²) in [5.41, 5.74) is 3.54. The number of rotatable bonds is 1. The molecule has 0 aromatic heterocycles. The lowest BCUT2D eigenvalue weighted by Crippen LogP contribution is -3.00. The molecule has 6 heteroatoms. The van der Waals surface area contributed by atoms with Crippen molar-refractivity contribution in [2.45, 2.75) is 24.4 Å². The molecule has 0 saturated heterocycles. The molecule has 1 aliphatic carbocycles. The maximum Gasteiger partial charge on any atom is 0.134 e. The van der Waals surface area contributed by atoms with E-state index in [-0.39, 0.29) is 19.0 Å². The van der Waals surface area contributed by atoms with E-state index in [2.05, 4.69) is 5.73 Å². The first kappa shape index (κ1) is 12.1. The van der Waals surface area contributed by atoms with Gasteiger partial charge in [0.05, 0.1) is 18.6 Å². The second-order valence-electron chi connectivity index (χ2n) is 2.98. The highest BCUT2D eigenvalue weighted by atomic mass is 35.5. The summed E-state index contributed by atoms with van der Waals surface area (Å²) >= 11 is 0.